The van der Waals surface area contributed by atoms with Crippen molar-refractivity contribution < 1.29 is 4.74 Å². The minimum Gasteiger partial charge on any atom is -0.496 e. The quantitative estimate of drug-likeness (QED) is 0.663. The van der Waals surface area contributed by atoms with Crippen molar-refractivity contribution in [1.29, 1.82) is 0 Å². The third-order valence-electron chi connectivity index (χ3n) is 4.35. The molecule has 2 aromatic heterocycles. The Morgan fingerprint density at radius 3 is 2.80 bits per heavy atom. The van der Waals surface area contributed by atoms with Crippen molar-refractivity contribution >= 4 is 0 Å². The number of aromatic nitrogens is 4. The molecule has 0 aliphatic rings. The molecule has 0 amide bonds. The largest absolute Gasteiger partial charge is 0.496 e. The van der Waals surface area contributed by atoms with Crippen molar-refractivity contribution in [2.24, 2.45) is 0 Å². The fourth-order valence-corrected chi connectivity index (χ4v) is 2.82. The highest BCUT2D eigenvalue weighted by molar-refractivity contribution is 5.37. The number of hydrogen-bond donors (Lipinski definition) is 0. The molecular weight excluding hydrogens is 314 g/mol. The number of nitrogens with zero attached hydrogens (tertiary/aromatic N) is 5. The molecule has 3 aromatic rings. The molecule has 1 atom stereocenters. The molecular formula is C19H23N5O. The third-order valence-corrected chi connectivity index (χ3v) is 4.35. The van der Waals surface area contributed by atoms with Crippen LogP contribution >= 0.6 is 0 Å². The molecule has 0 aliphatic heterocycles. The van der Waals surface area contributed by atoms with E-state index in [1.165, 1.54) is 5.56 Å². The van der Waals surface area contributed by atoms with Crippen LogP contribution in [-0.2, 0) is 13.1 Å². The van der Waals surface area contributed by atoms with Gasteiger partial charge < -0.3 is 4.74 Å². The summed E-state index contributed by atoms with van der Waals surface area (Å²) in [6, 6.07) is 12.5. The number of ether oxygens (including phenoxy) is 1. The van der Waals surface area contributed by atoms with Crippen LogP contribution in [0.4, 0.5) is 0 Å². The summed E-state index contributed by atoms with van der Waals surface area (Å²) in [5.74, 6) is 0.861. The molecule has 1 aromatic carbocycles. The van der Waals surface area contributed by atoms with Crippen molar-refractivity contribution in [2.75, 3.05) is 14.2 Å². The maximum absolute atomic E-state index is 5.49. The molecule has 0 aliphatic carbocycles. The van der Waals surface area contributed by atoms with Gasteiger partial charge in [0.05, 0.1) is 19.3 Å². The molecule has 130 valence electrons. The highest BCUT2D eigenvalue weighted by Crippen LogP contribution is 2.24. The summed E-state index contributed by atoms with van der Waals surface area (Å²) in [5, 5.41) is 4.18. The van der Waals surface area contributed by atoms with Crippen molar-refractivity contribution in [2.45, 2.75) is 26.1 Å². The summed E-state index contributed by atoms with van der Waals surface area (Å²) in [4.78, 5) is 10.7. The topological polar surface area (TPSA) is 56.1 Å². The summed E-state index contributed by atoms with van der Waals surface area (Å²) < 4.78 is 7.28. The van der Waals surface area contributed by atoms with Gasteiger partial charge in [0.15, 0.2) is 0 Å². The Labute approximate surface area is 148 Å². The number of benzene rings is 1. The zero-order valence-electron chi connectivity index (χ0n) is 14.8. The van der Waals surface area contributed by atoms with E-state index in [0.29, 0.717) is 6.54 Å². The van der Waals surface area contributed by atoms with Gasteiger partial charge in [-0.1, -0.05) is 12.1 Å². The third kappa shape index (κ3) is 4.22. The lowest BCUT2D eigenvalue weighted by Crippen LogP contribution is -2.22. The van der Waals surface area contributed by atoms with E-state index in [0.717, 1.165) is 23.6 Å². The average Bonchev–Trinajstić information content (AvgIpc) is 3.15. The Balaban J connectivity index is 1.75. The van der Waals surface area contributed by atoms with Crippen molar-refractivity contribution in [3.8, 4) is 5.75 Å². The summed E-state index contributed by atoms with van der Waals surface area (Å²) in [6.07, 6.45) is 5.09. The van der Waals surface area contributed by atoms with E-state index in [9.17, 15) is 0 Å². The number of methoxy groups -OCH3 is 1. The van der Waals surface area contributed by atoms with Crippen molar-refractivity contribution in [3.63, 3.8) is 0 Å². The first kappa shape index (κ1) is 17.1. The van der Waals surface area contributed by atoms with Gasteiger partial charge in [0.2, 0.25) is 0 Å². The first-order chi connectivity index (χ1) is 12.2. The normalized spacial score (nSPS) is 12.3. The Hall–Kier alpha value is -2.73. The standard InChI is InChI=1S/C19H23N5O/c1-15(18-6-4-5-9-21-18)23(2)11-16-7-8-19(25-3)17(10-16)12-24-14-20-13-22-24/h4-10,13-15H,11-12H2,1-3H3/t15-/m1/s1. The smallest absolute Gasteiger partial charge is 0.137 e. The first-order valence-corrected chi connectivity index (χ1v) is 8.26. The van der Waals surface area contributed by atoms with Crippen LogP contribution < -0.4 is 4.74 Å². The lowest BCUT2D eigenvalue weighted by molar-refractivity contribution is 0.248. The number of pyridine rings is 1. The molecule has 0 N–H and O–H groups in total. The van der Waals surface area contributed by atoms with Gasteiger partial charge in [0, 0.05) is 24.3 Å². The fraction of sp³-hybridized carbons (Fsp3) is 0.316. The van der Waals surface area contributed by atoms with Gasteiger partial charge in [-0.15, -0.1) is 0 Å². The molecule has 0 unspecified atom stereocenters. The molecule has 0 saturated heterocycles. The molecule has 0 bridgehead atoms. The molecule has 0 fully saturated rings. The Kier molecular flexibility index (Phi) is 5.40. The van der Waals surface area contributed by atoms with E-state index < -0.39 is 0 Å². The predicted molar refractivity (Wildman–Crippen MR) is 96.2 cm³/mol. The van der Waals surface area contributed by atoms with Crippen LogP contribution in [0.5, 0.6) is 5.75 Å². The van der Waals surface area contributed by atoms with Gasteiger partial charge in [-0.2, -0.15) is 5.10 Å². The Morgan fingerprint density at radius 1 is 1.24 bits per heavy atom. The minimum absolute atomic E-state index is 0.238. The summed E-state index contributed by atoms with van der Waals surface area (Å²) in [6.45, 7) is 3.63. The van der Waals surface area contributed by atoms with Crippen molar-refractivity contribution in [3.05, 3.63) is 72.1 Å². The Morgan fingerprint density at radius 2 is 2.12 bits per heavy atom. The molecule has 0 radical (unpaired) electrons. The van der Waals surface area contributed by atoms with Crippen LogP contribution in [-0.4, -0.2) is 38.8 Å². The molecule has 0 spiro atoms. The Bertz CT molecular complexity index is 789. The van der Waals surface area contributed by atoms with Crippen LogP contribution in [0, 0.1) is 0 Å². The highest BCUT2D eigenvalue weighted by atomic mass is 16.5. The van der Waals surface area contributed by atoms with Gasteiger partial charge in [-0.3, -0.25) is 9.88 Å². The van der Waals surface area contributed by atoms with Crippen LogP contribution in [0.1, 0.15) is 29.8 Å². The maximum Gasteiger partial charge on any atom is 0.137 e. The average molecular weight is 337 g/mol. The second-order valence-electron chi connectivity index (χ2n) is 6.08. The second kappa shape index (κ2) is 7.90. The molecule has 3 rings (SSSR count). The highest BCUT2D eigenvalue weighted by Gasteiger charge is 2.14. The van der Waals surface area contributed by atoms with Gasteiger partial charge in [0.1, 0.15) is 18.4 Å². The van der Waals surface area contributed by atoms with Crippen molar-refractivity contribution in [1.82, 2.24) is 24.6 Å². The molecule has 6 heteroatoms. The molecule has 25 heavy (non-hydrogen) atoms. The van der Waals surface area contributed by atoms with Gasteiger partial charge >= 0.3 is 0 Å². The summed E-state index contributed by atoms with van der Waals surface area (Å²) in [5.41, 5.74) is 3.38. The summed E-state index contributed by atoms with van der Waals surface area (Å²) >= 11 is 0. The van der Waals surface area contributed by atoms with Crippen LogP contribution in [0.3, 0.4) is 0 Å². The van der Waals surface area contributed by atoms with Gasteiger partial charge in [-0.05, 0) is 43.8 Å². The number of rotatable bonds is 7. The van der Waals surface area contributed by atoms with Crippen LogP contribution in [0.2, 0.25) is 0 Å². The lowest BCUT2D eigenvalue weighted by atomic mass is 10.1. The van der Waals surface area contributed by atoms with E-state index in [2.05, 4.69) is 52.1 Å². The van der Waals surface area contributed by atoms with E-state index in [1.807, 2.05) is 24.4 Å². The zero-order valence-corrected chi connectivity index (χ0v) is 14.8. The first-order valence-electron chi connectivity index (χ1n) is 8.26. The van der Waals surface area contributed by atoms with E-state index in [4.69, 9.17) is 4.74 Å². The molecule has 0 saturated carbocycles. The second-order valence-corrected chi connectivity index (χ2v) is 6.08. The molecule has 6 nitrogen and oxygen atoms in total. The SMILES string of the molecule is COc1ccc(CN(C)[C@H](C)c2ccccn2)cc1Cn1cncn1. The van der Waals surface area contributed by atoms with E-state index in [-0.39, 0.29) is 6.04 Å². The zero-order chi connectivity index (χ0) is 17.6. The number of hydrogen-bond acceptors (Lipinski definition) is 5. The van der Waals surface area contributed by atoms with Crippen LogP contribution in [0.15, 0.2) is 55.2 Å². The van der Waals surface area contributed by atoms with Crippen LogP contribution in [0.25, 0.3) is 0 Å². The monoisotopic (exact) mass is 337 g/mol. The lowest BCUT2D eigenvalue weighted by Gasteiger charge is -2.24. The summed E-state index contributed by atoms with van der Waals surface area (Å²) in [7, 11) is 3.80. The van der Waals surface area contributed by atoms with Gasteiger partial charge in [0.25, 0.3) is 0 Å². The van der Waals surface area contributed by atoms with Gasteiger partial charge in [-0.25, -0.2) is 9.67 Å². The fourth-order valence-electron chi connectivity index (χ4n) is 2.82. The van der Waals surface area contributed by atoms with E-state index >= 15 is 0 Å². The maximum atomic E-state index is 5.49. The minimum atomic E-state index is 0.238. The molecule has 2 heterocycles. The van der Waals surface area contributed by atoms with E-state index in [1.54, 1.807) is 24.4 Å². The predicted octanol–water partition coefficient (Wildman–Crippen LogP) is 2.92.